The van der Waals surface area contributed by atoms with Crippen LogP contribution in [0.5, 0.6) is 0 Å². The van der Waals surface area contributed by atoms with Crippen LogP contribution in [0.1, 0.15) is 6.42 Å². The van der Waals surface area contributed by atoms with E-state index in [4.69, 9.17) is 20.3 Å². The summed E-state index contributed by atoms with van der Waals surface area (Å²) in [5, 5.41) is 22.9. The SMILES string of the molecule is C=CC(=O)O.N#CCC(=O)O.NC(N)=O. The number of aliphatic carboxylic acids is 2. The van der Waals surface area contributed by atoms with Crippen molar-refractivity contribution in [1.29, 1.82) is 5.26 Å². The van der Waals surface area contributed by atoms with E-state index >= 15 is 0 Å². The molecule has 0 spiro atoms. The second-order valence-corrected chi connectivity index (χ2v) is 1.67. The van der Waals surface area contributed by atoms with Crippen LogP contribution in [-0.2, 0) is 9.59 Å². The first kappa shape index (κ1) is 18.3. The highest BCUT2D eigenvalue weighted by Gasteiger charge is 1.87. The average molecular weight is 217 g/mol. The first-order valence-corrected chi connectivity index (χ1v) is 3.26. The lowest BCUT2D eigenvalue weighted by Crippen LogP contribution is -2.18. The van der Waals surface area contributed by atoms with E-state index in [0.29, 0.717) is 0 Å². The number of hydrogen-bond acceptors (Lipinski definition) is 4. The molecular formula is C7H11N3O5. The summed E-state index contributed by atoms with van der Waals surface area (Å²) in [6.45, 7) is 2.96. The van der Waals surface area contributed by atoms with Crippen molar-refractivity contribution >= 4 is 18.0 Å². The molecule has 0 aliphatic carbocycles. The fraction of sp³-hybridized carbons (Fsp3) is 0.143. The van der Waals surface area contributed by atoms with Crippen LogP contribution in [0, 0.1) is 11.3 Å². The zero-order valence-corrected chi connectivity index (χ0v) is 7.71. The molecule has 0 aliphatic rings. The summed E-state index contributed by atoms with van der Waals surface area (Å²) >= 11 is 0. The fourth-order valence-corrected chi connectivity index (χ4v) is 0.0676. The van der Waals surface area contributed by atoms with Gasteiger partial charge in [-0.2, -0.15) is 5.26 Å². The largest absolute Gasteiger partial charge is 0.480 e. The second kappa shape index (κ2) is 14.0. The number of hydrogen-bond donors (Lipinski definition) is 4. The minimum atomic E-state index is -1.07. The smallest absolute Gasteiger partial charge is 0.327 e. The summed E-state index contributed by atoms with van der Waals surface area (Å²) in [6.07, 6.45) is 0.431. The first-order valence-electron chi connectivity index (χ1n) is 3.26. The predicted octanol–water partition coefficient (Wildman–Crippen LogP) is -0.735. The van der Waals surface area contributed by atoms with Gasteiger partial charge < -0.3 is 21.7 Å². The number of carbonyl (C=O) groups is 3. The van der Waals surface area contributed by atoms with Crippen molar-refractivity contribution < 1.29 is 24.6 Å². The zero-order chi connectivity index (χ0) is 12.9. The number of amides is 2. The molecule has 8 nitrogen and oxygen atoms in total. The molecule has 0 rings (SSSR count). The Balaban J connectivity index is -0.000000147. The topological polar surface area (TPSA) is 168 Å². The molecule has 84 valence electrons. The molecule has 0 atom stereocenters. The Kier molecular flexibility index (Phi) is 17.0. The third kappa shape index (κ3) is 171. The van der Waals surface area contributed by atoms with E-state index in [2.05, 4.69) is 18.0 Å². The van der Waals surface area contributed by atoms with Gasteiger partial charge in [-0.15, -0.1) is 0 Å². The van der Waals surface area contributed by atoms with Gasteiger partial charge in [0.05, 0.1) is 6.07 Å². The quantitative estimate of drug-likeness (QED) is 0.444. The summed E-state index contributed by atoms with van der Waals surface area (Å²) in [5.74, 6) is -2.05. The van der Waals surface area contributed by atoms with Crippen molar-refractivity contribution in [3.63, 3.8) is 0 Å². The van der Waals surface area contributed by atoms with Crippen LogP contribution in [-0.4, -0.2) is 28.2 Å². The van der Waals surface area contributed by atoms with Gasteiger partial charge >= 0.3 is 18.0 Å². The lowest BCUT2D eigenvalue weighted by molar-refractivity contribution is -0.136. The summed E-state index contributed by atoms with van der Waals surface area (Å²) in [7, 11) is 0. The van der Waals surface area contributed by atoms with E-state index in [9.17, 15) is 9.59 Å². The van der Waals surface area contributed by atoms with Gasteiger partial charge in [0.25, 0.3) is 0 Å². The summed E-state index contributed by atoms with van der Waals surface area (Å²) in [4.78, 5) is 27.6. The molecule has 0 bridgehead atoms. The number of carboxylic acid groups (broad SMARTS) is 2. The molecule has 0 saturated carbocycles. The normalized spacial score (nSPS) is 6.33. The molecule has 0 aromatic carbocycles. The van der Waals surface area contributed by atoms with Gasteiger partial charge in [-0.3, -0.25) is 4.79 Å². The Morgan fingerprint density at radius 2 is 1.60 bits per heavy atom. The lowest BCUT2D eigenvalue weighted by Gasteiger charge is -1.70. The zero-order valence-electron chi connectivity index (χ0n) is 7.71. The van der Waals surface area contributed by atoms with Crippen molar-refractivity contribution in [3.8, 4) is 6.07 Å². The molecule has 15 heavy (non-hydrogen) atoms. The van der Waals surface area contributed by atoms with Gasteiger partial charge in [-0.25, -0.2) is 9.59 Å². The molecule has 0 fully saturated rings. The highest BCUT2D eigenvalue weighted by molar-refractivity contribution is 5.78. The van der Waals surface area contributed by atoms with E-state index in [1.165, 1.54) is 6.07 Å². The Hall–Kier alpha value is -2.56. The van der Waals surface area contributed by atoms with Crippen molar-refractivity contribution in [3.05, 3.63) is 12.7 Å². The van der Waals surface area contributed by atoms with E-state index in [0.717, 1.165) is 6.08 Å². The third-order valence-electron chi connectivity index (χ3n) is 0.405. The van der Waals surface area contributed by atoms with Crippen LogP contribution in [0.15, 0.2) is 12.7 Å². The van der Waals surface area contributed by atoms with Gasteiger partial charge in [-0.1, -0.05) is 6.58 Å². The Morgan fingerprint density at radius 1 is 1.33 bits per heavy atom. The number of carbonyl (C=O) groups excluding carboxylic acids is 1. The maximum Gasteiger partial charge on any atom is 0.327 e. The van der Waals surface area contributed by atoms with E-state index in [1.54, 1.807) is 0 Å². The minimum Gasteiger partial charge on any atom is -0.480 e. The van der Waals surface area contributed by atoms with E-state index in [1.807, 2.05) is 0 Å². The number of nitriles is 1. The molecule has 0 radical (unpaired) electrons. The fourth-order valence-electron chi connectivity index (χ4n) is 0.0676. The second-order valence-electron chi connectivity index (χ2n) is 1.67. The molecule has 0 aromatic rings. The average Bonchev–Trinajstić information content (AvgIpc) is 2.03. The van der Waals surface area contributed by atoms with Crippen LogP contribution < -0.4 is 11.5 Å². The van der Waals surface area contributed by atoms with Crippen molar-refractivity contribution in [2.75, 3.05) is 0 Å². The summed E-state index contributed by atoms with van der Waals surface area (Å²) in [6, 6.07) is 0.634. The highest BCUT2D eigenvalue weighted by atomic mass is 16.4. The number of urea groups is 1. The Labute approximate surface area is 85.4 Å². The third-order valence-corrected chi connectivity index (χ3v) is 0.405. The van der Waals surface area contributed by atoms with Crippen LogP contribution in [0.3, 0.4) is 0 Å². The van der Waals surface area contributed by atoms with E-state index < -0.39 is 24.4 Å². The number of nitrogens with two attached hydrogens (primary N) is 2. The van der Waals surface area contributed by atoms with Gasteiger partial charge in [-0.05, 0) is 0 Å². The maximum atomic E-state index is 9.38. The van der Waals surface area contributed by atoms with Gasteiger partial charge in [0.15, 0.2) is 0 Å². The Morgan fingerprint density at radius 3 is 1.60 bits per heavy atom. The monoisotopic (exact) mass is 217 g/mol. The predicted molar refractivity (Wildman–Crippen MR) is 49.5 cm³/mol. The van der Waals surface area contributed by atoms with Gasteiger partial charge in [0, 0.05) is 6.08 Å². The van der Waals surface area contributed by atoms with Crippen molar-refractivity contribution in [2.45, 2.75) is 6.42 Å². The molecule has 6 N–H and O–H groups in total. The van der Waals surface area contributed by atoms with Crippen LogP contribution in [0.4, 0.5) is 4.79 Å². The number of nitrogens with zero attached hydrogens (tertiary/aromatic N) is 1. The van der Waals surface area contributed by atoms with Crippen LogP contribution in [0.25, 0.3) is 0 Å². The summed E-state index contributed by atoms with van der Waals surface area (Å²) in [5.41, 5.74) is 8.50. The first-order chi connectivity index (χ1) is 6.77. The number of rotatable bonds is 2. The van der Waals surface area contributed by atoms with Gasteiger partial charge in [0.2, 0.25) is 0 Å². The maximum absolute atomic E-state index is 9.38. The molecule has 0 aromatic heterocycles. The Bertz CT molecular complexity index is 264. The molecular weight excluding hydrogens is 206 g/mol. The number of primary amides is 2. The molecule has 0 saturated heterocycles. The number of carboxylic acids is 2. The van der Waals surface area contributed by atoms with Crippen LogP contribution in [0.2, 0.25) is 0 Å². The van der Waals surface area contributed by atoms with Crippen molar-refractivity contribution in [1.82, 2.24) is 0 Å². The minimum absolute atomic E-state index is 0.403. The highest BCUT2D eigenvalue weighted by Crippen LogP contribution is 1.68. The standard InChI is InChI=1S/C3H3NO2.C3H4O2.CH4N2O/c4-2-1-3(5)6;1-2-3(4)5;2-1(3)4/h1H2,(H,5,6);2H,1H2,(H,4,5);(H4,2,3,4). The molecule has 8 heteroatoms. The summed E-state index contributed by atoms with van der Waals surface area (Å²) < 4.78 is 0. The molecule has 0 unspecified atom stereocenters. The molecule has 0 heterocycles. The van der Waals surface area contributed by atoms with E-state index in [-0.39, 0.29) is 0 Å². The molecule has 2 amide bonds. The van der Waals surface area contributed by atoms with Gasteiger partial charge in [0.1, 0.15) is 6.42 Å². The lowest BCUT2D eigenvalue weighted by atomic mass is 10.5. The van der Waals surface area contributed by atoms with Crippen molar-refractivity contribution in [2.24, 2.45) is 11.5 Å². The molecule has 0 aliphatic heterocycles. The van der Waals surface area contributed by atoms with Crippen LogP contribution >= 0.6 is 0 Å².